The van der Waals surface area contributed by atoms with Gasteiger partial charge in [-0.1, -0.05) is 0 Å². The number of sulfone groups is 1. The second-order valence-corrected chi connectivity index (χ2v) is 6.33. The van der Waals surface area contributed by atoms with E-state index >= 15 is 0 Å². The number of hydrogen-bond acceptors (Lipinski definition) is 5. The van der Waals surface area contributed by atoms with Gasteiger partial charge in [0.2, 0.25) is 0 Å². The number of nitriles is 1. The number of rotatable bonds is 4. The van der Waals surface area contributed by atoms with E-state index in [0.717, 1.165) is 11.9 Å². The van der Waals surface area contributed by atoms with Gasteiger partial charge in [0.05, 0.1) is 28.8 Å². The van der Waals surface area contributed by atoms with Crippen LogP contribution in [-0.4, -0.2) is 27.8 Å². The Labute approximate surface area is 108 Å². The molecule has 0 heterocycles. The van der Waals surface area contributed by atoms with Gasteiger partial charge in [0.25, 0.3) is 0 Å². The molecule has 0 saturated carbocycles. The van der Waals surface area contributed by atoms with Crippen LogP contribution in [0.5, 0.6) is 0 Å². The molecule has 18 heavy (non-hydrogen) atoms. The summed E-state index contributed by atoms with van der Waals surface area (Å²) in [5, 5.41) is 8.67. The van der Waals surface area contributed by atoms with E-state index in [1.165, 1.54) is 12.1 Å². The molecule has 1 aromatic carbocycles. The van der Waals surface area contributed by atoms with Crippen molar-refractivity contribution in [2.24, 2.45) is 0 Å². The molecule has 0 fully saturated rings. The summed E-state index contributed by atoms with van der Waals surface area (Å²) in [5.41, 5.74) is 6.98. The van der Waals surface area contributed by atoms with Gasteiger partial charge >= 0.3 is 0 Å². The van der Waals surface area contributed by atoms with Gasteiger partial charge < -0.3 is 10.6 Å². The van der Waals surface area contributed by atoms with Crippen molar-refractivity contribution in [2.75, 3.05) is 23.9 Å². The van der Waals surface area contributed by atoms with Crippen molar-refractivity contribution in [1.29, 1.82) is 5.26 Å². The Bertz CT molecular complexity index is 575. The van der Waals surface area contributed by atoms with Crippen LogP contribution in [0.25, 0.3) is 0 Å². The van der Waals surface area contributed by atoms with Crippen molar-refractivity contribution >= 4 is 21.2 Å². The molecule has 0 aliphatic carbocycles. The van der Waals surface area contributed by atoms with E-state index in [-0.39, 0.29) is 10.9 Å². The zero-order chi connectivity index (χ0) is 13.9. The van der Waals surface area contributed by atoms with Gasteiger partial charge in [-0.25, -0.2) is 8.42 Å². The predicted octanol–water partition coefficient (Wildman–Crippen LogP) is 1.41. The minimum atomic E-state index is -3.25. The third kappa shape index (κ3) is 3.14. The highest BCUT2D eigenvalue weighted by Gasteiger charge is 2.15. The first kappa shape index (κ1) is 14.3. The average molecular weight is 267 g/mol. The molecular formula is C12H17N3O2S. The Balaban J connectivity index is 3.11. The number of nitrogens with two attached hydrogens (primary N) is 1. The van der Waals surface area contributed by atoms with E-state index in [1.807, 2.05) is 18.9 Å². The first-order valence-electron chi connectivity index (χ1n) is 5.46. The van der Waals surface area contributed by atoms with Gasteiger partial charge in [0.1, 0.15) is 0 Å². The maximum atomic E-state index is 11.4. The molecule has 1 atom stereocenters. The lowest BCUT2D eigenvalue weighted by Gasteiger charge is -2.26. The monoisotopic (exact) mass is 267 g/mol. The summed E-state index contributed by atoms with van der Waals surface area (Å²) in [7, 11) is -1.42. The van der Waals surface area contributed by atoms with Gasteiger partial charge in [-0.2, -0.15) is 5.26 Å². The van der Waals surface area contributed by atoms with E-state index in [4.69, 9.17) is 11.0 Å². The van der Waals surface area contributed by atoms with Crippen molar-refractivity contribution in [1.82, 2.24) is 0 Å². The molecule has 1 unspecified atom stereocenters. The molecule has 98 valence electrons. The number of hydrogen-bond donors (Lipinski definition) is 1. The van der Waals surface area contributed by atoms with E-state index < -0.39 is 9.84 Å². The lowest BCUT2D eigenvalue weighted by molar-refractivity contribution is 0.602. The fourth-order valence-electron chi connectivity index (χ4n) is 1.59. The van der Waals surface area contributed by atoms with Crippen LogP contribution in [0.2, 0.25) is 0 Å². The van der Waals surface area contributed by atoms with E-state index in [9.17, 15) is 8.42 Å². The molecule has 0 radical (unpaired) electrons. The smallest absolute Gasteiger partial charge is 0.175 e. The molecule has 1 rings (SSSR count). The van der Waals surface area contributed by atoms with Gasteiger partial charge in [-0.3, -0.25) is 0 Å². The zero-order valence-electron chi connectivity index (χ0n) is 10.7. The highest BCUT2D eigenvalue weighted by atomic mass is 32.2. The molecule has 0 saturated heterocycles. The second-order valence-electron chi connectivity index (χ2n) is 4.31. The highest BCUT2D eigenvalue weighted by Crippen LogP contribution is 2.27. The summed E-state index contributed by atoms with van der Waals surface area (Å²) in [6, 6.07) is 6.75. The van der Waals surface area contributed by atoms with Crippen molar-refractivity contribution in [2.45, 2.75) is 24.3 Å². The van der Waals surface area contributed by atoms with E-state index in [2.05, 4.69) is 6.07 Å². The summed E-state index contributed by atoms with van der Waals surface area (Å²) < 4.78 is 22.8. The quantitative estimate of drug-likeness (QED) is 0.833. The molecule has 0 spiro atoms. The molecule has 6 heteroatoms. The lowest BCUT2D eigenvalue weighted by atomic mass is 10.2. The number of benzene rings is 1. The number of anilines is 2. The maximum Gasteiger partial charge on any atom is 0.175 e. The Morgan fingerprint density at radius 2 is 2.11 bits per heavy atom. The van der Waals surface area contributed by atoms with Crippen LogP contribution in [0.4, 0.5) is 11.4 Å². The maximum absolute atomic E-state index is 11.4. The standard InChI is InChI=1S/C12H17N3O2S/c1-9(6-7-13)15(2)12-5-4-10(8-11(12)14)18(3,16)17/h4-5,8-9H,6,14H2,1-3H3. The Morgan fingerprint density at radius 3 is 2.56 bits per heavy atom. The molecule has 0 amide bonds. The highest BCUT2D eigenvalue weighted by molar-refractivity contribution is 7.90. The molecular weight excluding hydrogens is 250 g/mol. The molecule has 0 aromatic heterocycles. The molecule has 1 aromatic rings. The molecule has 5 nitrogen and oxygen atoms in total. The predicted molar refractivity (Wildman–Crippen MR) is 72.1 cm³/mol. The van der Waals surface area contributed by atoms with Crippen LogP contribution in [0.15, 0.2) is 23.1 Å². The average Bonchev–Trinajstić information content (AvgIpc) is 2.27. The van der Waals surface area contributed by atoms with Gasteiger partial charge in [-0.05, 0) is 25.1 Å². The molecule has 0 aliphatic rings. The van der Waals surface area contributed by atoms with E-state index in [0.29, 0.717) is 12.1 Å². The summed E-state index contributed by atoms with van der Waals surface area (Å²) in [6.07, 6.45) is 1.52. The topological polar surface area (TPSA) is 87.2 Å². The first-order chi connectivity index (χ1) is 8.27. The minimum absolute atomic E-state index is 0.0152. The van der Waals surface area contributed by atoms with Crippen molar-refractivity contribution in [3.63, 3.8) is 0 Å². The number of nitrogen functional groups attached to an aromatic ring is 1. The lowest BCUT2D eigenvalue weighted by Crippen LogP contribution is -2.29. The van der Waals surface area contributed by atoms with Gasteiger partial charge in [0.15, 0.2) is 9.84 Å². The normalized spacial score (nSPS) is 12.8. The number of nitrogens with zero attached hydrogens (tertiary/aromatic N) is 2. The van der Waals surface area contributed by atoms with Gasteiger partial charge in [0, 0.05) is 19.3 Å². The SMILES string of the molecule is CC(CC#N)N(C)c1ccc(S(C)(=O)=O)cc1N. The van der Waals surface area contributed by atoms with Crippen LogP contribution < -0.4 is 10.6 Å². The first-order valence-corrected chi connectivity index (χ1v) is 7.36. The Hall–Kier alpha value is -1.74. The third-order valence-corrected chi connectivity index (χ3v) is 3.97. The fraction of sp³-hybridized carbons (Fsp3) is 0.417. The molecule has 0 aliphatic heterocycles. The van der Waals surface area contributed by atoms with Gasteiger partial charge in [-0.15, -0.1) is 0 Å². The zero-order valence-corrected chi connectivity index (χ0v) is 11.5. The fourth-order valence-corrected chi connectivity index (χ4v) is 2.25. The Kier molecular flexibility index (Phi) is 4.19. The summed E-state index contributed by atoms with van der Waals surface area (Å²) in [5.74, 6) is 0. The van der Waals surface area contributed by atoms with Crippen LogP contribution in [0.3, 0.4) is 0 Å². The van der Waals surface area contributed by atoms with Crippen LogP contribution in [-0.2, 0) is 9.84 Å². The summed E-state index contributed by atoms with van der Waals surface area (Å²) in [4.78, 5) is 2.06. The van der Waals surface area contributed by atoms with Crippen molar-refractivity contribution in [3.8, 4) is 6.07 Å². The van der Waals surface area contributed by atoms with Crippen LogP contribution >= 0.6 is 0 Å². The van der Waals surface area contributed by atoms with Crippen molar-refractivity contribution in [3.05, 3.63) is 18.2 Å². The minimum Gasteiger partial charge on any atom is -0.397 e. The second kappa shape index (κ2) is 5.27. The third-order valence-electron chi connectivity index (χ3n) is 2.85. The van der Waals surface area contributed by atoms with E-state index in [1.54, 1.807) is 6.07 Å². The van der Waals surface area contributed by atoms with Crippen LogP contribution in [0.1, 0.15) is 13.3 Å². The Morgan fingerprint density at radius 1 is 1.50 bits per heavy atom. The summed E-state index contributed by atoms with van der Waals surface area (Å²) >= 11 is 0. The molecule has 0 bridgehead atoms. The largest absolute Gasteiger partial charge is 0.397 e. The molecule has 2 N–H and O–H groups in total. The van der Waals surface area contributed by atoms with Crippen molar-refractivity contribution < 1.29 is 8.42 Å². The van der Waals surface area contributed by atoms with Crippen LogP contribution in [0, 0.1) is 11.3 Å². The summed E-state index contributed by atoms with van der Waals surface area (Å²) in [6.45, 7) is 1.91.